The van der Waals surface area contributed by atoms with Gasteiger partial charge in [0.15, 0.2) is 0 Å². The Morgan fingerprint density at radius 2 is 1.50 bits per heavy atom. The lowest BCUT2D eigenvalue weighted by Gasteiger charge is -2.32. The van der Waals surface area contributed by atoms with Crippen LogP contribution in [0.25, 0.3) is 0 Å². The Hall–Kier alpha value is -1.73. The number of thioether (sulfide) groups is 2. The third kappa shape index (κ3) is 7.64. The first-order valence-corrected chi connectivity index (χ1v) is 14.8. The first-order chi connectivity index (χ1) is 16.2. The minimum absolute atomic E-state index is 0.0521. The zero-order chi connectivity index (χ0) is 24.7. The summed E-state index contributed by atoms with van der Waals surface area (Å²) in [6.45, 7) is 9.30. The summed E-state index contributed by atoms with van der Waals surface area (Å²) < 4.78 is 0. The van der Waals surface area contributed by atoms with E-state index in [1.54, 1.807) is 23.5 Å². The van der Waals surface area contributed by atoms with Crippen molar-refractivity contribution in [2.45, 2.75) is 95.3 Å². The number of hydrogen-bond acceptors (Lipinski definition) is 5. The summed E-state index contributed by atoms with van der Waals surface area (Å²) in [4.78, 5) is 24.9. The molecule has 1 fully saturated rings. The minimum atomic E-state index is -0.0521. The van der Waals surface area contributed by atoms with E-state index in [2.05, 4.69) is 65.2 Å². The van der Waals surface area contributed by atoms with Crippen molar-refractivity contribution in [2.24, 2.45) is 5.41 Å². The Morgan fingerprint density at radius 3 is 2.00 bits per heavy atom. The molecule has 186 valence electrons. The van der Waals surface area contributed by atoms with Gasteiger partial charge in [-0.1, -0.05) is 70.7 Å². The largest absolute Gasteiger partial charge is 0.322 e. The average Bonchev–Trinajstić information content (AvgIpc) is 3.07. The molecule has 1 N–H and O–H groups in total. The van der Waals surface area contributed by atoms with Crippen LogP contribution in [-0.4, -0.2) is 39.5 Å². The summed E-state index contributed by atoms with van der Waals surface area (Å²) in [5, 5.41) is 4.84. The zero-order valence-electron chi connectivity index (χ0n) is 21.6. The van der Waals surface area contributed by atoms with Gasteiger partial charge < -0.3 is 10.2 Å². The topological polar surface area (TPSA) is 58.1 Å². The maximum absolute atomic E-state index is 13.7. The molecule has 2 aromatic rings. The van der Waals surface area contributed by atoms with Crippen molar-refractivity contribution in [1.29, 1.82) is 0 Å². The summed E-state index contributed by atoms with van der Waals surface area (Å²) >= 11 is 3.09. The monoisotopic (exact) mass is 500 g/mol. The summed E-state index contributed by atoms with van der Waals surface area (Å²) in [6.07, 6.45) is 12.0. The summed E-state index contributed by atoms with van der Waals surface area (Å²) in [7, 11) is 0. The van der Waals surface area contributed by atoms with E-state index in [0.717, 1.165) is 40.8 Å². The van der Waals surface area contributed by atoms with Gasteiger partial charge in [0.1, 0.15) is 21.6 Å². The molecule has 7 heteroatoms. The lowest BCUT2D eigenvalue weighted by Crippen LogP contribution is -2.42. The molecule has 1 aliphatic carbocycles. The van der Waals surface area contributed by atoms with Gasteiger partial charge in [0.2, 0.25) is 0 Å². The third-order valence-corrected chi connectivity index (χ3v) is 7.57. The zero-order valence-corrected chi connectivity index (χ0v) is 23.2. The average molecular weight is 501 g/mol. The van der Waals surface area contributed by atoms with Crippen LogP contribution in [-0.2, 0) is 13.0 Å². The van der Waals surface area contributed by atoms with E-state index in [1.165, 1.54) is 36.8 Å². The number of aromatic nitrogens is 2. The van der Waals surface area contributed by atoms with Crippen LogP contribution in [0.2, 0.25) is 0 Å². The molecule has 3 rings (SSSR count). The molecule has 34 heavy (non-hydrogen) atoms. The summed E-state index contributed by atoms with van der Waals surface area (Å²) in [5.74, 6) is 0.725. The number of carbonyl (C=O) groups excluding carboxylic acids is 1. The van der Waals surface area contributed by atoms with E-state index in [9.17, 15) is 4.79 Å². The molecule has 0 bridgehead atoms. The number of carbonyl (C=O) groups is 1. The number of nitrogens with one attached hydrogen (secondary N) is 1. The van der Waals surface area contributed by atoms with Crippen molar-refractivity contribution in [3.63, 3.8) is 0 Å². The normalized spacial score (nSPS) is 15.1. The van der Waals surface area contributed by atoms with Gasteiger partial charge in [-0.3, -0.25) is 0 Å². The van der Waals surface area contributed by atoms with Gasteiger partial charge in [0.05, 0.1) is 0 Å². The Morgan fingerprint density at radius 1 is 0.971 bits per heavy atom. The Bertz CT molecular complexity index is 923. The second kappa shape index (κ2) is 12.3. The number of benzene rings is 1. The molecule has 0 atom stereocenters. The van der Waals surface area contributed by atoms with Crippen LogP contribution >= 0.6 is 23.5 Å². The maximum atomic E-state index is 13.7. The Labute approximate surface area is 214 Å². The van der Waals surface area contributed by atoms with Crippen LogP contribution in [0.15, 0.2) is 34.3 Å². The van der Waals surface area contributed by atoms with Crippen LogP contribution in [0.4, 0.5) is 10.5 Å². The highest BCUT2D eigenvalue weighted by Crippen LogP contribution is 2.33. The fourth-order valence-corrected chi connectivity index (χ4v) is 5.83. The van der Waals surface area contributed by atoms with Crippen LogP contribution in [0, 0.1) is 12.3 Å². The molecule has 2 amide bonds. The number of hydrogen-bond donors (Lipinski definition) is 1. The molecule has 1 aromatic heterocycles. The minimum Gasteiger partial charge on any atom is -0.317 e. The number of nitrogens with zero attached hydrogens (tertiary/aromatic N) is 3. The first-order valence-electron chi connectivity index (χ1n) is 12.3. The second-order valence-corrected chi connectivity index (χ2v) is 12.0. The number of aryl methyl sites for hydroxylation is 1. The molecule has 1 aliphatic rings. The third-order valence-electron chi connectivity index (χ3n) is 6.21. The van der Waals surface area contributed by atoms with Gasteiger partial charge in [0.25, 0.3) is 0 Å². The number of anilines is 1. The van der Waals surface area contributed by atoms with E-state index >= 15 is 0 Å². The summed E-state index contributed by atoms with van der Waals surface area (Å²) in [6, 6.07) is 9.01. The highest BCUT2D eigenvalue weighted by Gasteiger charge is 2.27. The molecule has 0 aliphatic heterocycles. The molecule has 0 spiro atoms. The van der Waals surface area contributed by atoms with Gasteiger partial charge in [0, 0.05) is 12.6 Å². The van der Waals surface area contributed by atoms with E-state index in [-0.39, 0.29) is 17.5 Å². The lowest BCUT2D eigenvalue weighted by atomic mass is 9.88. The van der Waals surface area contributed by atoms with Gasteiger partial charge in [-0.25, -0.2) is 14.8 Å². The van der Waals surface area contributed by atoms with Gasteiger partial charge in [-0.05, 0) is 55.2 Å². The van der Waals surface area contributed by atoms with Crippen LogP contribution in [0.1, 0.15) is 76.2 Å². The SMILES string of the molecule is CSc1nc(C)nc(SC)c1NC(=O)N(Cc1ccc(CC(C)(C)C)cc1)C1CCCCCC1. The summed E-state index contributed by atoms with van der Waals surface area (Å²) in [5.41, 5.74) is 3.50. The van der Waals surface area contributed by atoms with Crippen molar-refractivity contribution in [2.75, 3.05) is 17.8 Å². The van der Waals surface area contributed by atoms with Crippen molar-refractivity contribution < 1.29 is 4.79 Å². The predicted octanol–water partition coefficient (Wildman–Crippen LogP) is 7.57. The number of rotatable bonds is 7. The Balaban J connectivity index is 1.85. The molecule has 0 radical (unpaired) electrons. The molecule has 0 unspecified atom stereocenters. The van der Waals surface area contributed by atoms with Gasteiger partial charge in [-0.15, -0.1) is 23.5 Å². The quantitative estimate of drug-likeness (QED) is 0.241. The second-order valence-electron chi connectivity index (χ2n) is 10.4. The maximum Gasteiger partial charge on any atom is 0.322 e. The smallest absolute Gasteiger partial charge is 0.317 e. The van der Waals surface area contributed by atoms with Crippen molar-refractivity contribution in [3.05, 3.63) is 41.2 Å². The first kappa shape index (κ1) is 26.9. The molecule has 0 saturated heterocycles. The van der Waals surface area contributed by atoms with E-state index in [0.29, 0.717) is 6.54 Å². The molecule has 5 nitrogen and oxygen atoms in total. The number of amides is 2. The Kier molecular flexibility index (Phi) is 9.72. The molecular weight excluding hydrogens is 460 g/mol. The molecule has 1 aromatic carbocycles. The van der Waals surface area contributed by atoms with Gasteiger partial charge >= 0.3 is 6.03 Å². The van der Waals surface area contributed by atoms with Crippen LogP contribution in [0.5, 0.6) is 0 Å². The van der Waals surface area contributed by atoms with Crippen LogP contribution in [0.3, 0.4) is 0 Å². The molecule has 1 heterocycles. The highest BCUT2D eigenvalue weighted by molar-refractivity contribution is 7.99. The molecular formula is C27H40N4OS2. The molecule has 1 saturated carbocycles. The number of urea groups is 1. The van der Waals surface area contributed by atoms with Crippen molar-refractivity contribution >= 4 is 35.2 Å². The predicted molar refractivity (Wildman–Crippen MR) is 146 cm³/mol. The van der Waals surface area contributed by atoms with Crippen molar-refractivity contribution in [1.82, 2.24) is 14.9 Å². The standard InChI is InChI=1S/C27H40N4OS2/c1-19-28-24(33-5)23(25(29-19)34-6)30-26(32)31(22-11-9-7-8-10-12-22)18-21-15-13-20(14-16-21)17-27(2,3)4/h13-16,22H,7-12,17-18H2,1-6H3,(H,30,32). The van der Waals surface area contributed by atoms with E-state index in [4.69, 9.17) is 0 Å². The van der Waals surface area contributed by atoms with E-state index < -0.39 is 0 Å². The fourth-order valence-electron chi connectivity index (χ4n) is 4.61. The van der Waals surface area contributed by atoms with E-state index in [1.807, 2.05) is 19.4 Å². The fraction of sp³-hybridized carbons (Fsp3) is 0.593. The van der Waals surface area contributed by atoms with Crippen molar-refractivity contribution in [3.8, 4) is 0 Å². The highest BCUT2D eigenvalue weighted by atomic mass is 32.2. The lowest BCUT2D eigenvalue weighted by molar-refractivity contribution is 0.175. The van der Waals surface area contributed by atoms with Crippen LogP contribution < -0.4 is 5.32 Å². The van der Waals surface area contributed by atoms with Gasteiger partial charge in [-0.2, -0.15) is 0 Å².